The fourth-order valence-corrected chi connectivity index (χ4v) is 7.63. The third-order valence-corrected chi connectivity index (χ3v) is 11.6. The van der Waals surface area contributed by atoms with Gasteiger partial charge < -0.3 is 64.2 Å². The highest BCUT2D eigenvalue weighted by Gasteiger charge is 2.47. The third kappa shape index (κ3) is 22.7. The van der Waals surface area contributed by atoms with E-state index in [1.54, 1.807) is 0 Å². The fourth-order valence-electron chi connectivity index (χ4n) is 7.63. The monoisotopic (exact) mass is 865 g/mol. The number of carbonyl (C=O) groups is 2. The van der Waals surface area contributed by atoms with Crippen molar-refractivity contribution in [3.05, 3.63) is 0 Å². The zero-order chi connectivity index (χ0) is 44.0. The van der Waals surface area contributed by atoms with Gasteiger partial charge in [0.15, 0.2) is 18.7 Å². The minimum atomic E-state index is -1.76. The summed E-state index contributed by atoms with van der Waals surface area (Å²) in [7, 11) is 0. The first-order valence-electron chi connectivity index (χ1n) is 23.6. The first-order chi connectivity index (χ1) is 29.0. The highest BCUT2D eigenvalue weighted by molar-refractivity contribution is 5.70. The van der Waals surface area contributed by atoms with Gasteiger partial charge in [-0.05, 0) is 12.8 Å². The third-order valence-electron chi connectivity index (χ3n) is 11.6. The van der Waals surface area contributed by atoms with Crippen molar-refractivity contribution >= 4 is 11.9 Å². The molecule has 2 rings (SSSR count). The normalized spacial score (nSPS) is 27.5. The van der Waals surface area contributed by atoms with Crippen molar-refractivity contribution in [3.63, 3.8) is 0 Å². The van der Waals surface area contributed by atoms with Gasteiger partial charge in [0, 0.05) is 12.8 Å². The zero-order valence-corrected chi connectivity index (χ0v) is 37.0. The highest BCUT2D eigenvalue weighted by Crippen LogP contribution is 2.26. The van der Waals surface area contributed by atoms with Crippen LogP contribution in [0, 0.1) is 0 Å². The maximum atomic E-state index is 12.9. The van der Waals surface area contributed by atoms with Gasteiger partial charge in [-0.3, -0.25) is 9.59 Å². The highest BCUT2D eigenvalue weighted by atomic mass is 16.7. The topological polar surface area (TPSA) is 231 Å². The van der Waals surface area contributed by atoms with Gasteiger partial charge in [0.1, 0.15) is 55.4 Å². The molecular formula is C45H84O15. The molecule has 0 bridgehead atoms. The summed E-state index contributed by atoms with van der Waals surface area (Å²) in [6.07, 6.45) is 11.4. The second-order valence-corrected chi connectivity index (χ2v) is 17.0. The number of hydrogen-bond donors (Lipinski definition) is 7. The van der Waals surface area contributed by atoms with Crippen LogP contribution in [0.3, 0.4) is 0 Å². The van der Waals surface area contributed by atoms with E-state index in [2.05, 4.69) is 13.8 Å². The molecule has 2 aliphatic rings. The van der Waals surface area contributed by atoms with Gasteiger partial charge in [-0.2, -0.15) is 0 Å². The van der Waals surface area contributed by atoms with Crippen LogP contribution in [0.1, 0.15) is 181 Å². The number of aliphatic hydroxyl groups excluding tert-OH is 7. The second kappa shape index (κ2) is 34.0. The Kier molecular flexibility index (Phi) is 30.9. The number of hydrogen-bond acceptors (Lipinski definition) is 15. The summed E-state index contributed by atoms with van der Waals surface area (Å²) >= 11 is 0. The quantitative estimate of drug-likeness (QED) is 0.0315. The van der Waals surface area contributed by atoms with E-state index in [4.69, 9.17) is 28.4 Å². The van der Waals surface area contributed by atoms with Gasteiger partial charge in [0.2, 0.25) is 0 Å². The van der Waals surface area contributed by atoms with Crippen molar-refractivity contribution in [2.24, 2.45) is 0 Å². The minimum Gasteiger partial charge on any atom is -0.462 e. The fraction of sp³-hybridized carbons (Fsp3) is 0.956. The van der Waals surface area contributed by atoms with Gasteiger partial charge in [0.05, 0.1) is 19.8 Å². The molecule has 2 fully saturated rings. The van der Waals surface area contributed by atoms with E-state index in [1.165, 1.54) is 103 Å². The number of rotatable bonds is 36. The van der Waals surface area contributed by atoms with E-state index in [9.17, 15) is 45.3 Å². The Morgan fingerprint density at radius 3 is 1.30 bits per heavy atom. The van der Waals surface area contributed by atoms with Crippen molar-refractivity contribution in [3.8, 4) is 0 Å². The van der Waals surface area contributed by atoms with Crippen molar-refractivity contribution < 1.29 is 73.8 Å². The lowest BCUT2D eigenvalue weighted by molar-refractivity contribution is -0.332. The summed E-state index contributed by atoms with van der Waals surface area (Å²) in [5, 5.41) is 71.8. The summed E-state index contributed by atoms with van der Waals surface area (Å²) in [5.74, 6) is -0.916. The van der Waals surface area contributed by atoms with Crippen LogP contribution in [0.25, 0.3) is 0 Å². The van der Waals surface area contributed by atoms with Crippen molar-refractivity contribution in [1.82, 2.24) is 0 Å². The number of carbonyl (C=O) groups excluding carboxylic acids is 2. The average Bonchev–Trinajstić information content (AvgIpc) is 3.24. The van der Waals surface area contributed by atoms with Crippen molar-refractivity contribution in [2.45, 2.75) is 248 Å². The van der Waals surface area contributed by atoms with Crippen LogP contribution in [-0.2, 0) is 38.0 Å². The molecule has 15 heteroatoms. The van der Waals surface area contributed by atoms with Gasteiger partial charge in [-0.15, -0.1) is 0 Å². The largest absolute Gasteiger partial charge is 0.462 e. The molecule has 0 aliphatic carbocycles. The maximum absolute atomic E-state index is 12.9. The van der Waals surface area contributed by atoms with E-state index in [0.717, 1.165) is 38.5 Å². The molecule has 2 saturated heterocycles. The van der Waals surface area contributed by atoms with E-state index in [0.29, 0.717) is 12.8 Å². The van der Waals surface area contributed by atoms with E-state index >= 15 is 0 Å². The first-order valence-corrected chi connectivity index (χ1v) is 23.6. The van der Waals surface area contributed by atoms with Crippen LogP contribution < -0.4 is 0 Å². The van der Waals surface area contributed by atoms with Crippen LogP contribution in [0.2, 0.25) is 0 Å². The molecule has 0 aromatic heterocycles. The molecule has 354 valence electrons. The Bertz CT molecular complexity index is 1070. The lowest BCUT2D eigenvalue weighted by Gasteiger charge is -2.42. The Balaban J connectivity index is 1.84. The lowest BCUT2D eigenvalue weighted by atomic mass is 9.98. The Hall–Kier alpha value is -1.50. The summed E-state index contributed by atoms with van der Waals surface area (Å²) < 4.78 is 33.5. The molecule has 0 aromatic rings. The second-order valence-electron chi connectivity index (χ2n) is 17.0. The van der Waals surface area contributed by atoms with Crippen LogP contribution in [0.4, 0.5) is 0 Å². The number of aliphatic hydroxyl groups is 7. The van der Waals surface area contributed by atoms with Gasteiger partial charge >= 0.3 is 11.9 Å². The molecule has 0 aromatic carbocycles. The number of unbranched alkanes of at least 4 members (excludes halogenated alkanes) is 22. The summed E-state index contributed by atoms with van der Waals surface area (Å²) in [6.45, 7) is 2.58. The SMILES string of the molecule is CCCCCCCCCCCCCCCC(=O)OC[C@@H](CO[C@@H]1O[C@H](CO[C@H]2O[C@H](CO)[C@H](O)[C@H](O)[C@H]2O)[C@H](O)[C@H](O)[C@H]1O)OC(=O)CCCCCCCCCCCCC. The average molecular weight is 865 g/mol. The maximum Gasteiger partial charge on any atom is 0.306 e. The van der Waals surface area contributed by atoms with Crippen LogP contribution in [0.15, 0.2) is 0 Å². The molecular weight excluding hydrogens is 780 g/mol. The molecule has 11 atom stereocenters. The molecule has 60 heavy (non-hydrogen) atoms. The Morgan fingerprint density at radius 2 is 0.850 bits per heavy atom. The molecule has 2 aliphatic heterocycles. The van der Waals surface area contributed by atoms with Gasteiger partial charge in [-0.1, -0.05) is 155 Å². The Labute approximate surface area is 359 Å². The van der Waals surface area contributed by atoms with E-state index < -0.39 is 92.7 Å². The number of ether oxygens (including phenoxy) is 6. The predicted octanol–water partition coefficient (Wildman–Crippen LogP) is 5.26. The molecule has 2 heterocycles. The molecule has 0 saturated carbocycles. The summed E-state index contributed by atoms with van der Waals surface area (Å²) in [5.41, 5.74) is 0. The molecule has 15 nitrogen and oxygen atoms in total. The van der Waals surface area contributed by atoms with Crippen LogP contribution in [-0.4, -0.2) is 142 Å². The van der Waals surface area contributed by atoms with Crippen molar-refractivity contribution in [2.75, 3.05) is 26.4 Å². The molecule has 0 unspecified atom stereocenters. The number of esters is 2. The molecule has 0 radical (unpaired) electrons. The first kappa shape index (κ1) is 54.6. The van der Waals surface area contributed by atoms with Crippen LogP contribution >= 0.6 is 0 Å². The summed E-state index contributed by atoms with van der Waals surface area (Å²) in [6, 6.07) is 0. The molecule has 0 amide bonds. The summed E-state index contributed by atoms with van der Waals surface area (Å²) in [4.78, 5) is 25.6. The lowest BCUT2D eigenvalue weighted by Crippen LogP contribution is -2.61. The predicted molar refractivity (Wildman–Crippen MR) is 225 cm³/mol. The molecule has 0 spiro atoms. The van der Waals surface area contributed by atoms with Crippen LogP contribution in [0.5, 0.6) is 0 Å². The smallest absolute Gasteiger partial charge is 0.306 e. The minimum absolute atomic E-state index is 0.172. The van der Waals surface area contributed by atoms with Gasteiger partial charge in [-0.25, -0.2) is 0 Å². The zero-order valence-electron chi connectivity index (χ0n) is 37.0. The standard InChI is InChI=1S/C45H84O15/c1-3-5-7-9-11-13-15-16-18-19-21-23-25-27-36(47)55-30-33(58-37(48)28-26-24-22-20-17-14-12-10-8-6-4-2)31-56-44-43(54)41(52)39(50)35(60-44)32-57-45-42(53)40(51)38(49)34(29-46)59-45/h33-35,38-46,49-54H,3-32H2,1-2H3/t33-,34+,35+,38-,39-,40-,41-,42+,43+,44+,45-/m0/s1. The van der Waals surface area contributed by atoms with Gasteiger partial charge in [0.25, 0.3) is 0 Å². The van der Waals surface area contributed by atoms with E-state index in [1.807, 2.05) is 0 Å². The Morgan fingerprint density at radius 1 is 0.467 bits per heavy atom. The van der Waals surface area contributed by atoms with E-state index in [-0.39, 0.29) is 26.1 Å². The van der Waals surface area contributed by atoms with Crippen molar-refractivity contribution in [1.29, 1.82) is 0 Å². The molecule has 7 N–H and O–H groups in total.